The number of nitro groups is 2. The maximum absolute atomic E-state index is 13.4. The first-order valence-corrected chi connectivity index (χ1v) is 16.9. The third-order valence-electron chi connectivity index (χ3n) is 9.63. The Labute approximate surface area is 287 Å². The van der Waals surface area contributed by atoms with Gasteiger partial charge in [-0.1, -0.05) is 36.4 Å². The number of hydrogen-bond donors (Lipinski definition) is 3. The number of aromatic nitrogens is 2. The van der Waals surface area contributed by atoms with E-state index in [4.69, 9.17) is 4.98 Å². The smallest absolute Gasteiger partial charge is 0.293 e. The van der Waals surface area contributed by atoms with Crippen LogP contribution in [0.5, 0.6) is 0 Å². The second-order valence-corrected chi connectivity index (χ2v) is 12.8. The Hall–Kier alpha value is -5.66. The minimum absolute atomic E-state index is 0.0565. The van der Waals surface area contributed by atoms with E-state index in [2.05, 4.69) is 25.4 Å². The van der Waals surface area contributed by atoms with Gasteiger partial charge < -0.3 is 25.4 Å². The number of para-hydroxylation sites is 2. The van der Waals surface area contributed by atoms with Crippen LogP contribution in [-0.2, 0) is 0 Å². The zero-order chi connectivity index (χ0) is 34.8. The Kier molecular flexibility index (Phi) is 9.24. The molecule has 0 radical (unpaired) electrons. The average molecular weight is 675 g/mol. The van der Waals surface area contributed by atoms with Gasteiger partial charge in [-0.15, -0.1) is 0 Å². The van der Waals surface area contributed by atoms with E-state index < -0.39 is 4.92 Å². The molecule has 1 fully saturated rings. The molecule has 13 nitrogen and oxygen atoms in total. The van der Waals surface area contributed by atoms with Gasteiger partial charge in [-0.25, -0.2) is 4.98 Å². The molecule has 0 unspecified atom stereocenters. The van der Waals surface area contributed by atoms with Crippen molar-refractivity contribution < 1.29 is 9.85 Å². The molecule has 0 spiro atoms. The summed E-state index contributed by atoms with van der Waals surface area (Å²) >= 11 is 0. The van der Waals surface area contributed by atoms with Crippen LogP contribution in [0.3, 0.4) is 0 Å². The molecule has 13 heteroatoms. The number of benzene rings is 4. The molecule has 0 amide bonds. The number of pyridine rings is 2. The quantitative estimate of drug-likeness (QED) is 0.0571. The van der Waals surface area contributed by atoms with Crippen molar-refractivity contribution in [3.05, 3.63) is 109 Å². The van der Waals surface area contributed by atoms with Crippen molar-refractivity contribution >= 4 is 66.4 Å². The van der Waals surface area contributed by atoms with Crippen molar-refractivity contribution in [3.8, 4) is 0 Å². The Morgan fingerprint density at radius 1 is 0.760 bits per heavy atom. The summed E-state index contributed by atoms with van der Waals surface area (Å²) in [6.07, 6.45) is 1.74. The number of rotatable bonds is 12. The fraction of sp³-hybridized carbons (Fsp3) is 0.297. The average Bonchev–Trinajstić information content (AvgIpc) is 3.12. The summed E-state index contributed by atoms with van der Waals surface area (Å²) in [6.45, 7) is 8.85. The SMILES string of the molecule is Cc1ccc([N+](=O)[O-])c2c(NCCCN3CCN(CCCNc4ccc([N+](=O)[O-])c5[nH]c6ccccc6c(=O)c45)CC3)c3ccccc3nc12. The zero-order valence-electron chi connectivity index (χ0n) is 27.8. The second kappa shape index (κ2) is 14.1. The largest absolute Gasteiger partial charge is 0.384 e. The molecule has 0 saturated carbocycles. The van der Waals surface area contributed by atoms with Crippen LogP contribution >= 0.6 is 0 Å². The molecule has 7 rings (SSSR count). The van der Waals surface area contributed by atoms with Crippen LogP contribution in [0.15, 0.2) is 77.6 Å². The van der Waals surface area contributed by atoms with E-state index >= 15 is 0 Å². The molecule has 3 N–H and O–H groups in total. The van der Waals surface area contributed by atoms with Crippen molar-refractivity contribution in [1.82, 2.24) is 19.8 Å². The normalized spacial score (nSPS) is 14.1. The highest BCUT2D eigenvalue weighted by Gasteiger charge is 2.22. The molecular formula is C37H38N8O5. The van der Waals surface area contributed by atoms with Crippen molar-refractivity contribution in [3.63, 3.8) is 0 Å². The van der Waals surface area contributed by atoms with Crippen LogP contribution in [-0.4, -0.2) is 82.0 Å². The molecule has 50 heavy (non-hydrogen) atoms. The molecule has 3 heterocycles. The number of non-ortho nitro benzene ring substituents is 2. The topological polar surface area (TPSA) is 163 Å². The third-order valence-corrected chi connectivity index (χ3v) is 9.63. The van der Waals surface area contributed by atoms with Crippen LogP contribution in [0.4, 0.5) is 22.7 Å². The zero-order valence-corrected chi connectivity index (χ0v) is 27.8. The Morgan fingerprint density at radius 2 is 1.38 bits per heavy atom. The van der Waals surface area contributed by atoms with E-state index in [0.717, 1.165) is 74.3 Å². The molecule has 0 bridgehead atoms. The van der Waals surface area contributed by atoms with Crippen molar-refractivity contribution in [2.24, 2.45) is 0 Å². The van der Waals surface area contributed by atoms with E-state index in [-0.39, 0.29) is 27.2 Å². The Bertz CT molecular complexity index is 2320. The Balaban J connectivity index is 0.920. The van der Waals surface area contributed by atoms with E-state index in [1.165, 1.54) is 6.07 Å². The molecule has 4 aromatic carbocycles. The summed E-state index contributed by atoms with van der Waals surface area (Å²) in [6, 6.07) is 21.2. The van der Waals surface area contributed by atoms with Crippen molar-refractivity contribution in [2.75, 3.05) is 63.0 Å². The van der Waals surface area contributed by atoms with Gasteiger partial charge in [-0.3, -0.25) is 25.0 Å². The van der Waals surface area contributed by atoms with Gasteiger partial charge in [0.25, 0.3) is 11.4 Å². The first kappa shape index (κ1) is 32.9. The highest BCUT2D eigenvalue weighted by Crippen LogP contribution is 2.38. The minimum Gasteiger partial charge on any atom is -0.384 e. The van der Waals surface area contributed by atoms with Gasteiger partial charge in [0.1, 0.15) is 10.9 Å². The lowest BCUT2D eigenvalue weighted by Crippen LogP contribution is -2.47. The first-order chi connectivity index (χ1) is 24.3. The van der Waals surface area contributed by atoms with Gasteiger partial charge in [0.2, 0.25) is 0 Å². The number of aromatic amines is 1. The van der Waals surface area contributed by atoms with Gasteiger partial charge in [-0.2, -0.15) is 0 Å². The number of piperazine rings is 1. The standard InChI is InChI=1S/C37H38N8O5/c1-24-12-14-30(44(47)48)33-34(24)40-27-10-4-2-8-25(27)35(33)39-17-7-19-43-22-20-42(21-23-43)18-6-16-38-29-13-15-31(45(49)50)36-32(29)37(46)26-9-3-5-11-28(26)41-36/h2-5,8-15,38H,6-7,16-23H2,1H3,(H,39,40)(H,41,46). The molecule has 1 saturated heterocycles. The second-order valence-electron chi connectivity index (χ2n) is 12.8. The molecule has 2 aromatic heterocycles. The summed E-state index contributed by atoms with van der Waals surface area (Å²) in [7, 11) is 0. The molecule has 0 atom stereocenters. The van der Waals surface area contributed by atoms with Gasteiger partial charge in [0, 0.05) is 73.4 Å². The van der Waals surface area contributed by atoms with Crippen LogP contribution in [0.2, 0.25) is 0 Å². The lowest BCUT2D eigenvalue weighted by molar-refractivity contribution is -0.383. The third kappa shape index (κ3) is 6.40. The summed E-state index contributed by atoms with van der Waals surface area (Å²) in [5.74, 6) is 0. The monoisotopic (exact) mass is 674 g/mol. The molecule has 256 valence electrons. The van der Waals surface area contributed by atoms with E-state index in [9.17, 15) is 25.0 Å². The minimum atomic E-state index is -0.466. The number of anilines is 2. The van der Waals surface area contributed by atoms with Crippen LogP contribution < -0.4 is 16.1 Å². The Morgan fingerprint density at radius 3 is 2.08 bits per heavy atom. The van der Waals surface area contributed by atoms with Gasteiger partial charge in [0.05, 0.1) is 32.0 Å². The van der Waals surface area contributed by atoms with Gasteiger partial charge >= 0.3 is 0 Å². The van der Waals surface area contributed by atoms with Gasteiger partial charge in [0.15, 0.2) is 5.43 Å². The predicted octanol–water partition coefficient (Wildman–Crippen LogP) is 6.43. The lowest BCUT2D eigenvalue weighted by Gasteiger charge is -2.34. The number of hydrogen-bond acceptors (Lipinski definition) is 10. The first-order valence-electron chi connectivity index (χ1n) is 16.9. The van der Waals surface area contributed by atoms with Crippen LogP contribution in [0.25, 0.3) is 43.6 Å². The predicted molar refractivity (Wildman–Crippen MR) is 198 cm³/mol. The number of fused-ring (bicyclic) bond motifs is 4. The number of H-pyrrole nitrogens is 1. The molecule has 1 aliphatic heterocycles. The van der Waals surface area contributed by atoms with E-state index in [0.29, 0.717) is 46.0 Å². The number of nitro benzene ring substituents is 2. The van der Waals surface area contributed by atoms with E-state index in [1.807, 2.05) is 31.2 Å². The summed E-state index contributed by atoms with van der Waals surface area (Å²) in [5, 5.41) is 32.8. The fourth-order valence-corrected chi connectivity index (χ4v) is 7.04. The number of nitrogens with one attached hydrogen (secondary N) is 3. The number of nitrogens with zero attached hydrogens (tertiary/aromatic N) is 5. The van der Waals surface area contributed by atoms with Gasteiger partial charge in [-0.05, 0) is 62.7 Å². The van der Waals surface area contributed by atoms with E-state index in [1.54, 1.807) is 42.5 Å². The maximum atomic E-state index is 13.4. The fourth-order valence-electron chi connectivity index (χ4n) is 7.04. The highest BCUT2D eigenvalue weighted by molar-refractivity contribution is 6.12. The molecular weight excluding hydrogens is 636 g/mol. The van der Waals surface area contributed by atoms with Crippen molar-refractivity contribution in [1.29, 1.82) is 0 Å². The molecule has 6 aromatic rings. The van der Waals surface area contributed by atoms with Crippen molar-refractivity contribution in [2.45, 2.75) is 19.8 Å². The summed E-state index contributed by atoms with van der Waals surface area (Å²) < 4.78 is 0. The van der Waals surface area contributed by atoms with Crippen LogP contribution in [0.1, 0.15) is 18.4 Å². The summed E-state index contributed by atoms with van der Waals surface area (Å²) in [5.41, 5.74) is 4.21. The highest BCUT2D eigenvalue weighted by atomic mass is 16.6. The molecule has 1 aliphatic rings. The molecule has 0 aliphatic carbocycles. The van der Waals surface area contributed by atoms with Crippen LogP contribution in [0, 0.1) is 27.2 Å². The maximum Gasteiger partial charge on any atom is 0.293 e. The summed E-state index contributed by atoms with van der Waals surface area (Å²) in [4.78, 5) is 49.0. The number of aryl methyl sites for hydroxylation is 1. The lowest BCUT2D eigenvalue weighted by atomic mass is 10.0.